The molecule has 101 heavy (non-hydrogen) atoms. The number of aromatic nitrogens is 1. The molecular weight excluding hydrogens is 1220 g/mol. The summed E-state index contributed by atoms with van der Waals surface area (Å²) in [5.74, 6) is 0. The van der Waals surface area contributed by atoms with Gasteiger partial charge >= 0.3 is 0 Å². The van der Waals surface area contributed by atoms with Gasteiger partial charge in [0.1, 0.15) is 0 Å². The summed E-state index contributed by atoms with van der Waals surface area (Å²) in [6.45, 7) is 40.9. The molecule has 5 heteroatoms. The molecule has 4 heterocycles. The van der Waals surface area contributed by atoms with Crippen molar-refractivity contribution in [2.24, 2.45) is 0 Å². The second-order valence-electron chi connectivity index (χ2n) is 34.7. The first-order chi connectivity index (χ1) is 49.9. The van der Waals surface area contributed by atoms with E-state index in [4.69, 9.17) is 8.53 Å². The molecule has 0 spiro atoms. The van der Waals surface area contributed by atoms with Crippen molar-refractivity contribution in [2.45, 2.75) is 157 Å². The van der Waals surface area contributed by atoms with Gasteiger partial charge in [-0.15, -0.1) is 0 Å². The normalized spacial score (nSPS) is 14.3. The zero-order valence-corrected chi connectivity index (χ0v) is 62.0. The average molecular weight is 1320 g/mol. The van der Waals surface area contributed by atoms with E-state index >= 15 is 0 Å². The minimum atomic E-state index is -0.434. The van der Waals surface area contributed by atoms with E-state index in [1.54, 1.807) is 0 Å². The highest BCUT2D eigenvalue weighted by Crippen LogP contribution is 2.54. The van der Waals surface area contributed by atoms with E-state index in [0.717, 1.165) is 123 Å². The number of anilines is 6. The number of hydrogen-bond acceptors (Lipinski definition) is 3. The molecule has 0 radical (unpaired) electrons. The fourth-order valence-corrected chi connectivity index (χ4v) is 15.7. The van der Waals surface area contributed by atoms with Crippen molar-refractivity contribution >= 4 is 101 Å². The van der Waals surface area contributed by atoms with Crippen LogP contribution < -0.4 is 26.2 Å². The lowest BCUT2D eigenvalue weighted by atomic mass is 9.33. The van der Waals surface area contributed by atoms with Crippen molar-refractivity contribution < 1.29 is 11.3 Å². The molecule has 2 aliphatic heterocycles. The zero-order chi connectivity index (χ0) is 75.1. The molecule has 4 nitrogen and oxygen atoms in total. The van der Waals surface area contributed by atoms with Crippen LogP contribution in [0.25, 0.3) is 93.9 Å². The molecule has 0 fully saturated rings. The predicted octanol–water partition coefficient (Wildman–Crippen LogP) is 25.2. The van der Waals surface area contributed by atoms with Gasteiger partial charge in [-0.25, -0.2) is 0 Å². The summed E-state index contributed by atoms with van der Waals surface area (Å²) >= 11 is 0. The Morgan fingerprint density at radius 3 is 1.29 bits per heavy atom. The van der Waals surface area contributed by atoms with Gasteiger partial charge in [-0.05, 0) is 188 Å². The third kappa shape index (κ3) is 11.1. The van der Waals surface area contributed by atoms with E-state index in [1.807, 2.05) is 6.07 Å². The third-order valence-corrected chi connectivity index (χ3v) is 21.6. The molecule has 2 aliphatic rings. The lowest BCUT2D eigenvalue weighted by molar-refractivity contribution is 0.569. The Bertz CT molecular complexity index is 5790. The number of nitrogens with zero attached hydrogens (tertiary/aromatic N) is 3. The summed E-state index contributed by atoms with van der Waals surface area (Å²) in [6, 6.07) is 77.5. The minimum absolute atomic E-state index is 0.0821. The Kier molecular flexibility index (Phi) is 13.7. The van der Waals surface area contributed by atoms with Gasteiger partial charge in [0.2, 0.25) is 0 Å². The maximum absolute atomic E-state index is 9.59. The molecule has 0 amide bonds. The molecule has 0 aliphatic carbocycles. The van der Waals surface area contributed by atoms with Crippen LogP contribution in [0.2, 0.25) is 0 Å². The van der Waals surface area contributed by atoms with Crippen LogP contribution in [-0.2, 0) is 32.5 Å². The number of furan rings is 1. The highest BCUT2D eigenvalue weighted by molar-refractivity contribution is 7.00. The smallest absolute Gasteiger partial charge is 0.252 e. The Labute approximate surface area is 606 Å². The van der Waals surface area contributed by atoms with Crippen LogP contribution in [0.5, 0.6) is 0 Å². The van der Waals surface area contributed by atoms with Crippen molar-refractivity contribution in [2.75, 3.05) is 9.80 Å². The number of hydrogen-bond donors (Lipinski definition) is 0. The number of rotatable bonds is 7. The van der Waals surface area contributed by atoms with Gasteiger partial charge in [-0.3, -0.25) is 0 Å². The summed E-state index contributed by atoms with van der Waals surface area (Å²) in [7, 11) is 0. The topological polar surface area (TPSA) is 24.6 Å². The molecule has 0 saturated carbocycles. The minimum Gasteiger partial charge on any atom is -0.452 e. The molecular formula is C96H94BN3O. The number of fused-ring (bicyclic) bond motifs is 10. The first-order valence-electron chi connectivity index (χ1n) is 38.6. The number of para-hydroxylation sites is 2. The van der Waals surface area contributed by atoms with Crippen LogP contribution in [-0.4, -0.2) is 11.3 Å². The molecule has 0 unspecified atom stereocenters. The van der Waals surface area contributed by atoms with Crippen LogP contribution in [0.4, 0.5) is 34.1 Å². The largest absolute Gasteiger partial charge is 0.452 e. The molecule has 0 bridgehead atoms. The fourth-order valence-electron chi connectivity index (χ4n) is 15.7. The van der Waals surface area contributed by atoms with Gasteiger partial charge in [-0.1, -0.05) is 294 Å². The van der Waals surface area contributed by atoms with Gasteiger partial charge in [-0.2, -0.15) is 0 Å². The lowest BCUT2D eigenvalue weighted by Gasteiger charge is -2.46. The Hall–Kier alpha value is -10.1. The molecule has 0 atom stereocenters. The van der Waals surface area contributed by atoms with Crippen molar-refractivity contribution in [3.63, 3.8) is 0 Å². The summed E-state index contributed by atoms with van der Waals surface area (Å²) in [5.41, 5.74) is 27.0. The van der Waals surface area contributed by atoms with Gasteiger partial charge < -0.3 is 18.8 Å². The van der Waals surface area contributed by atoms with Crippen LogP contribution in [0.15, 0.2) is 247 Å². The van der Waals surface area contributed by atoms with Crippen molar-refractivity contribution in [1.29, 1.82) is 0 Å². The summed E-state index contributed by atoms with van der Waals surface area (Å²) in [6.07, 6.45) is 0. The van der Waals surface area contributed by atoms with E-state index in [0.29, 0.717) is 11.1 Å². The average Bonchev–Trinajstić information content (AvgIpc) is 0.716. The quantitative estimate of drug-likeness (QED) is 0.149. The molecule has 16 rings (SSSR count). The Morgan fingerprint density at radius 1 is 0.297 bits per heavy atom. The van der Waals surface area contributed by atoms with Gasteiger partial charge in [0.15, 0.2) is 11.2 Å². The lowest BCUT2D eigenvalue weighted by Crippen LogP contribution is -2.61. The van der Waals surface area contributed by atoms with Crippen LogP contribution in [0, 0.1) is 0 Å². The van der Waals surface area contributed by atoms with Crippen molar-refractivity contribution in [1.82, 2.24) is 4.57 Å². The third-order valence-electron chi connectivity index (χ3n) is 21.6. The highest BCUT2D eigenvalue weighted by atomic mass is 16.3. The highest BCUT2D eigenvalue weighted by Gasteiger charge is 2.46. The van der Waals surface area contributed by atoms with Gasteiger partial charge in [0, 0.05) is 55.4 Å². The Balaban J connectivity index is 1.06. The number of benzene rings is 12. The molecule has 2 aromatic heterocycles. The standard InChI is InChI=1S/C96H94BN3O/c1-91(2,3)65-42-46-79-75(53-65)76-54-66(92(4,5)6)43-47-80(76)98(79)82-38-28-36-71-72-37-29-39-83(90(72)101-89(71)82)99-84-51-63(59-30-22-19-23-31-59)40-44-77(84)97-78-50-62(64-48-67(93(7,8)9)52-68(49-64)94(10,11)12)41-45-81(78)100(86-58-70(96(16,17)18)57-85(99)87(86)97)88-73(60-32-24-20-25-33-60)55-69(95(13,14)15)56-74(88)61-34-26-21-27-35-61/h19-58H,1-18H3/i19D,22D,23D,30D,31D. The fraction of sp³-hybridized carbons (Fsp3) is 0.250. The molecule has 14 aromatic rings. The van der Waals surface area contributed by atoms with Crippen LogP contribution in [0.1, 0.15) is 165 Å². The maximum atomic E-state index is 9.59. The summed E-state index contributed by atoms with van der Waals surface area (Å²) in [4.78, 5) is 4.99. The summed E-state index contributed by atoms with van der Waals surface area (Å²) < 4.78 is 56.4. The monoisotopic (exact) mass is 1320 g/mol. The van der Waals surface area contributed by atoms with Crippen molar-refractivity contribution in [3.05, 3.63) is 276 Å². The van der Waals surface area contributed by atoms with Gasteiger partial charge in [0.25, 0.3) is 6.71 Å². The molecule has 502 valence electrons. The van der Waals surface area contributed by atoms with Gasteiger partial charge in [0.05, 0.1) is 34.9 Å². The second-order valence-corrected chi connectivity index (χ2v) is 34.7. The predicted molar refractivity (Wildman–Crippen MR) is 436 cm³/mol. The first kappa shape index (κ1) is 59.7. The van der Waals surface area contributed by atoms with Crippen molar-refractivity contribution in [3.8, 4) is 50.2 Å². The second kappa shape index (κ2) is 23.2. The molecule has 0 N–H and O–H groups in total. The molecule has 12 aromatic carbocycles. The SMILES string of the molecule is [2H]c1c([2H])c([2H])c(-c2ccc3c(c2)N(c2cccc4c2oc2c(-n5c6ccc(C(C)(C)C)cc6c6cc(C(C)(C)C)ccc65)cccc24)c2cc(C(C)(C)C)cc4c2B3c2cc(-c3cc(C(C)(C)C)cc(C(C)(C)C)c3)ccc2N4c2c(-c3ccccc3)cc(C(C)(C)C)cc2-c2ccccc2)c([2H])c1[2H]. The van der Waals surface area contributed by atoms with Crippen LogP contribution in [0.3, 0.4) is 0 Å². The van der Waals surface area contributed by atoms with E-state index in [1.165, 1.54) is 38.6 Å². The van der Waals surface area contributed by atoms with E-state index in [-0.39, 0.29) is 56.8 Å². The van der Waals surface area contributed by atoms with E-state index in [2.05, 4.69) is 345 Å². The maximum Gasteiger partial charge on any atom is 0.252 e. The van der Waals surface area contributed by atoms with Crippen LogP contribution >= 0.6 is 0 Å². The zero-order valence-electron chi connectivity index (χ0n) is 67.0. The summed E-state index contributed by atoms with van der Waals surface area (Å²) in [5, 5.41) is 4.28. The van der Waals surface area contributed by atoms with E-state index < -0.39 is 18.2 Å². The van der Waals surface area contributed by atoms with E-state index in [9.17, 15) is 2.74 Å². The first-order valence-corrected chi connectivity index (χ1v) is 36.1. The Morgan fingerprint density at radius 2 is 0.762 bits per heavy atom. The molecule has 0 saturated heterocycles.